The van der Waals surface area contributed by atoms with Gasteiger partial charge in [-0.2, -0.15) is 0 Å². The van der Waals surface area contributed by atoms with Gasteiger partial charge in [0, 0.05) is 12.5 Å². The lowest BCUT2D eigenvalue weighted by atomic mass is 9.98. The zero-order valence-electron chi connectivity index (χ0n) is 19.6. The fourth-order valence-corrected chi connectivity index (χ4v) is 4.31. The number of ether oxygens (including phenoxy) is 1. The van der Waals surface area contributed by atoms with Crippen LogP contribution in [0.1, 0.15) is 44.7 Å². The standard InChI is InChI=1S/C26H32N2O5/c1-16(2)13-28(14-23(29)30)25(31)24(17(3)4)27-26(32)33-15-22-20-11-7-5-9-18(20)19-10-6-8-12-21(19)22/h5-12,16-17,22,24H,13-15H2,1-4H3,(H,27,32)(H,29,30). The van der Waals surface area contributed by atoms with E-state index in [1.54, 1.807) is 13.8 Å². The first-order valence-electron chi connectivity index (χ1n) is 11.3. The topological polar surface area (TPSA) is 95.9 Å². The summed E-state index contributed by atoms with van der Waals surface area (Å²) >= 11 is 0. The summed E-state index contributed by atoms with van der Waals surface area (Å²) in [6, 6.07) is 15.2. The lowest BCUT2D eigenvalue weighted by Crippen LogP contribution is -2.53. The highest BCUT2D eigenvalue weighted by Crippen LogP contribution is 2.44. The summed E-state index contributed by atoms with van der Waals surface area (Å²) in [5.41, 5.74) is 4.48. The van der Waals surface area contributed by atoms with Crippen LogP contribution in [0.25, 0.3) is 11.1 Å². The summed E-state index contributed by atoms with van der Waals surface area (Å²) in [6.45, 7) is 7.45. The Labute approximate surface area is 194 Å². The van der Waals surface area contributed by atoms with Gasteiger partial charge in [-0.25, -0.2) is 4.79 Å². The number of fused-ring (bicyclic) bond motifs is 3. The van der Waals surface area contributed by atoms with Gasteiger partial charge in [-0.15, -0.1) is 0 Å². The van der Waals surface area contributed by atoms with E-state index in [2.05, 4.69) is 17.4 Å². The van der Waals surface area contributed by atoms with Gasteiger partial charge in [-0.05, 0) is 34.1 Å². The van der Waals surface area contributed by atoms with E-state index in [4.69, 9.17) is 4.74 Å². The molecule has 2 aromatic rings. The smallest absolute Gasteiger partial charge is 0.407 e. The summed E-state index contributed by atoms with van der Waals surface area (Å²) in [5.74, 6) is -1.74. The number of amides is 2. The van der Waals surface area contributed by atoms with Crippen molar-refractivity contribution in [3.05, 3.63) is 59.7 Å². The monoisotopic (exact) mass is 452 g/mol. The number of carboxylic acid groups (broad SMARTS) is 1. The SMILES string of the molecule is CC(C)CN(CC(=O)O)C(=O)C(NC(=O)OCC1c2ccccc2-c2ccccc21)C(C)C. The average Bonchev–Trinajstić information content (AvgIpc) is 3.08. The van der Waals surface area contributed by atoms with Crippen molar-refractivity contribution in [2.45, 2.75) is 39.7 Å². The molecule has 1 aliphatic carbocycles. The van der Waals surface area contributed by atoms with Crippen LogP contribution in [-0.4, -0.2) is 53.7 Å². The van der Waals surface area contributed by atoms with Crippen LogP contribution in [0.2, 0.25) is 0 Å². The van der Waals surface area contributed by atoms with E-state index >= 15 is 0 Å². The molecule has 0 saturated carbocycles. The van der Waals surface area contributed by atoms with Crippen LogP contribution in [0, 0.1) is 11.8 Å². The van der Waals surface area contributed by atoms with Crippen LogP contribution in [0.5, 0.6) is 0 Å². The first kappa shape index (κ1) is 24.3. The van der Waals surface area contributed by atoms with E-state index in [-0.39, 0.29) is 24.4 Å². The van der Waals surface area contributed by atoms with Crippen LogP contribution in [-0.2, 0) is 14.3 Å². The molecular weight excluding hydrogens is 420 g/mol. The second-order valence-electron chi connectivity index (χ2n) is 9.20. The molecule has 176 valence electrons. The molecule has 1 atom stereocenters. The molecule has 7 nitrogen and oxygen atoms in total. The lowest BCUT2D eigenvalue weighted by molar-refractivity contribution is -0.146. The number of nitrogens with zero attached hydrogens (tertiary/aromatic N) is 1. The Hall–Kier alpha value is -3.35. The van der Waals surface area contributed by atoms with Crippen molar-refractivity contribution >= 4 is 18.0 Å². The Morgan fingerprint density at radius 1 is 0.970 bits per heavy atom. The quantitative estimate of drug-likeness (QED) is 0.597. The minimum atomic E-state index is -1.09. The van der Waals surface area contributed by atoms with Gasteiger partial charge in [0.05, 0.1) is 0 Å². The Balaban J connectivity index is 1.70. The molecule has 7 heteroatoms. The average molecular weight is 453 g/mol. The van der Waals surface area contributed by atoms with Crippen molar-refractivity contribution in [1.29, 1.82) is 0 Å². The van der Waals surface area contributed by atoms with E-state index in [1.807, 2.05) is 50.2 Å². The highest BCUT2D eigenvalue weighted by atomic mass is 16.5. The second kappa shape index (κ2) is 10.5. The molecule has 2 aromatic carbocycles. The number of carbonyl (C=O) groups excluding carboxylic acids is 2. The normalized spacial score (nSPS) is 13.4. The largest absolute Gasteiger partial charge is 0.480 e. The van der Waals surface area contributed by atoms with Crippen molar-refractivity contribution in [3.8, 4) is 11.1 Å². The molecule has 0 spiro atoms. The first-order valence-corrected chi connectivity index (χ1v) is 11.3. The van der Waals surface area contributed by atoms with Gasteiger partial charge in [0.1, 0.15) is 19.2 Å². The zero-order valence-corrected chi connectivity index (χ0v) is 19.6. The van der Waals surface area contributed by atoms with Gasteiger partial charge in [0.25, 0.3) is 0 Å². The number of hydrogen-bond donors (Lipinski definition) is 2. The number of benzene rings is 2. The van der Waals surface area contributed by atoms with E-state index in [0.717, 1.165) is 22.3 Å². The zero-order chi connectivity index (χ0) is 24.1. The van der Waals surface area contributed by atoms with E-state index in [0.29, 0.717) is 6.54 Å². The number of nitrogens with one attached hydrogen (secondary N) is 1. The van der Waals surface area contributed by atoms with Gasteiger partial charge in [-0.3, -0.25) is 9.59 Å². The number of carbonyl (C=O) groups is 3. The predicted molar refractivity (Wildman–Crippen MR) is 126 cm³/mol. The van der Waals surface area contributed by atoms with Crippen molar-refractivity contribution < 1.29 is 24.2 Å². The third-order valence-corrected chi connectivity index (χ3v) is 5.77. The number of carboxylic acids is 1. The van der Waals surface area contributed by atoms with Crippen LogP contribution in [0.4, 0.5) is 4.79 Å². The molecule has 0 bridgehead atoms. The molecule has 3 rings (SSSR count). The van der Waals surface area contributed by atoms with Gasteiger partial charge in [0.2, 0.25) is 5.91 Å². The summed E-state index contributed by atoms with van der Waals surface area (Å²) in [5, 5.41) is 11.9. The minimum Gasteiger partial charge on any atom is -0.480 e. The third kappa shape index (κ3) is 5.72. The Morgan fingerprint density at radius 2 is 1.52 bits per heavy atom. The molecule has 0 radical (unpaired) electrons. The van der Waals surface area contributed by atoms with Crippen molar-refractivity contribution in [2.24, 2.45) is 11.8 Å². The maximum atomic E-state index is 13.1. The van der Waals surface area contributed by atoms with Crippen LogP contribution >= 0.6 is 0 Å². The number of rotatable bonds is 9. The molecule has 0 fully saturated rings. The van der Waals surface area contributed by atoms with Crippen LogP contribution < -0.4 is 5.32 Å². The van der Waals surface area contributed by atoms with Gasteiger partial charge in [-0.1, -0.05) is 76.2 Å². The van der Waals surface area contributed by atoms with Gasteiger partial charge in [0.15, 0.2) is 0 Å². The summed E-state index contributed by atoms with van der Waals surface area (Å²) in [4.78, 5) is 38.3. The molecule has 0 heterocycles. The fraction of sp³-hybridized carbons (Fsp3) is 0.423. The molecular formula is C26H32N2O5. The Kier molecular flexibility index (Phi) is 7.74. The maximum absolute atomic E-state index is 13.1. The third-order valence-electron chi connectivity index (χ3n) is 5.77. The lowest BCUT2D eigenvalue weighted by Gasteiger charge is -2.29. The summed E-state index contributed by atoms with van der Waals surface area (Å²) < 4.78 is 5.58. The van der Waals surface area contributed by atoms with Crippen molar-refractivity contribution in [3.63, 3.8) is 0 Å². The van der Waals surface area contributed by atoms with E-state index in [9.17, 15) is 19.5 Å². The molecule has 33 heavy (non-hydrogen) atoms. The molecule has 2 amide bonds. The molecule has 0 aliphatic heterocycles. The van der Waals surface area contributed by atoms with Gasteiger partial charge >= 0.3 is 12.1 Å². The number of hydrogen-bond acceptors (Lipinski definition) is 4. The molecule has 0 saturated heterocycles. The molecule has 1 unspecified atom stereocenters. The van der Waals surface area contributed by atoms with Crippen LogP contribution in [0.15, 0.2) is 48.5 Å². The summed E-state index contributed by atoms with van der Waals surface area (Å²) in [7, 11) is 0. The van der Waals surface area contributed by atoms with E-state index < -0.39 is 30.6 Å². The fourth-order valence-electron chi connectivity index (χ4n) is 4.31. The number of aliphatic carboxylic acids is 1. The number of alkyl carbamates (subject to hydrolysis) is 1. The molecule has 1 aliphatic rings. The van der Waals surface area contributed by atoms with Gasteiger partial charge < -0.3 is 20.1 Å². The maximum Gasteiger partial charge on any atom is 0.407 e. The minimum absolute atomic E-state index is 0.0826. The van der Waals surface area contributed by atoms with E-state index in [1.165, 1.54) is 4.90 Å². The Morgan fingerprint density at radius 3 is 2.00 bits per heavy atom. The molecule has 2 N–H and O–H groups in total. The summed E-state index contributed by atoms with van der Waals surface area (Å²) in [6.07, 6.45) is -0.691. The predicted octanol–water partition coefficient (Wildman–Crippen LogP) is 4.12. The van der Waals surface area contributed by atoms with Crippen molar-refractivity contribution in [2.75, 3.05) is 19.7 Å². The molecule has 0 aromatic heterocycles. The highest BCUT2D eigenvalue weighted by molar-refractivity contribution is 5.88. The second-order valence-corrected chi connectivity index (χ2v) is 9.20. The highest BCUT2D eigenvalue weighted by Gasteiger charge is 2.32. The Bertz CT molecular complexity index is 972. The van der Waals surface area contributed by atoms with Crippen LogP contribution in [0.3, 0.4) is 0 Å². The first-order chi connectivity index (χ1) is 15.7. The van der Waals surface area contributed by atoms with Crippen molar-refractivity contribution in [1.82, 2.24) is 10.2 Å².